The van der Waals surface area contributed by atoms with Gasteiger partial charge in [-0.25, -0.2) is 4.99 Å². The molecule has 3 aliphatic rings. The summed E-state index contributed by atoms with van der Waals surface area (Å²) in [6.45, 7) is 3.70. The second-order valence-electron chi connectivity index (χ2n) is 6.19. The van der Waals surface area contributed by atoms with Crippen molar-refractivity contribution in [1.29, 1.82) is 0 Å². The lowest BCUT2D eigenvalue weighted by molar-refractivity contribution is -0.137. The van der Waals surface area contributed by atoms with E-state index in [1.165, 1.54) is 12.1 Å². The Bertz CT molecular complexity index is 700. The Balaban J connectivity index is 1.71. The zero-order chi connectivity index (χ0) is 16.2. The highest BCUT2D eigenvalue weighted by atomic mass is 19.4. The summed E-state index contributed by atoms with van der Waals surface area (Å²) in [5, 5.41) is 3.18. The molecule has 4 nitrogen and oxygen atoms in total. The lowest BCUT2D eigenvalue weighted by Gasteiger charge is -2.42. The number of benzene rings is 1. The Kier molecular flexibility index (Phi) is 3.16. The predicted molar refractivity (Wildman–Crippen MR) is 82.5 cm³/mol. The number of fused-ring (bicyclic) bond motifs is 3. The maximum atomic E-state index is 12.9. The number of piperazine rings is 1. The topological polar surface area (TPSA) is 30.9 Å². The summed E-state index contributed by atoms with van der Waals surface area (Å²) in [5.74, 6) is 0.919. The van der Waals surface area contributed by atoms with E-state index in [0.29, 0.717) is 11.3 Å². The summed E-state index contributed by atoms with van der Waals surface area (Å²) in [6.07, 6.45) is -2.54. The lowest BCUT2D eigenvalue weighted by atomic mass is 9.88. The molecule has 4 rings (SSSR count). The van der Waals surface area contributed by atoms with Gasteiger partial charge in [0.15, 0.2) is 0 Å². The second kappa shape index (κ2) is 4.99. The molecular formula is C16H17F3N4. The molecule has 23 heavy (non-hydrogen) atoms. The minimum absolute atomic E-state index is 0.0885. The van der Waals surface area contributed by atoms with Gasteiger partial charge in [-0.1, -0.05) is 0 Å². The Morgan fingerprint density at radius 1 is 1.17 bits per heavy atom. The average Bonchev–Trinajstić information content (AvgIpc) is 2.46. The molecule has 3 heterocycles. The first kappa shape index (κ1) is 14.6. The molecule has 1 fully saturated rings. The van der Waals surface area contributed by atoms with E-state index < -0.39 is 11.7 Å². The van der Waals surface area contributed by atoms with Gasteiger partial charge in [0.05, 0.1) is 11.3 Å². The smallest absolute Gasteiger partial charge is 0.377 e. The van der Waals surface area contributed by atoms with Crippen molar-refractivity contribution in [1.82, 2.24) is 15.1 Å². The number of likely N-dealkylation sites (N-methyl/N-ethyl adjacent to an activating group) is 1. The lowest BCUT2D eigenvalue weighted by Crippen LogP contribution is -2.56. The van der Waals surface area contributed by atoms with Crippen LogP contribution in [0.1, 0.15) is 11.1 Å². The fraction of sp³-hybridized carbons (Fsp3) is 0.438. The van der Waals surface area contributed by atoms with Crippen LogP contribution in [0.3, 0.4) is 0 Å². The third-order valence-corrected chi connectivity index (χ3v) is 4.67. The van der Waals surface area contributed by atoms with Gasteiger partial charge in [-0.05, 0) is 25.2 Å². The Morgan fingerprint density at radius 2 is 1.91 bits per heavy atom. The van der Waals surface area contributed by atoms with Crippen LogP contribution in [0, 0.1) is 0 Å². The average molecular weight is 322 g/mol. The van der Waals surface area contributed by atoms with E-state index in [4.69, 9.17) is 0 Å². The molecule has 0 aromatic heterocycles. The number of nitrogens with zero attached hydrogens (tertiary/aromatic N) is 3. The minimum Gasteiger partial charge on any atom is -0.377 e. The molecule has 0 bridgehead atoms. The third-order valence-electron chi connectivity index (χ3n) is 4.67. The van der Waals surface area contributed by atoms with Crippen LogP contribution in [-0.4, -0.2) is 54.9 Å². The van der Waals surface area contributed by atoms with E-state index in [1.807, 2.05) is 0 Å². The van der Waals surface area contributed by atoms with Crippen molar-refractivity contribution in [3.63, 3.8) is 0 Å². The standard InChI is InChI=1S/C16H17F3N4/c1-22-4-6-23(7-5-22)15-14-12(9-20-14)11-8-10(16(17,18)19)2-3-13(11)21-15/h2-3,8-9,14,20H,4-7H2,1H3. The number of nitrogens with one attached hydrogen (secondary N) is 1. The number of halogens is 3. The maximum absolute atomic E-state index is 12.9. The van der Waals surface area contributed by atoms with Crippen molar-refractivity contribution >= 4 is 17.1 Å². The number of aliphatic imine (C=N–C) groups is 1. The zero-order valence-electron chi connectivity index (χ0n) is 12.7. The summed E-state index contributed by atoms with van der Waals surface area (Å²) < 4.78 is 38.8. The van der Waals surface area contributed by atoms with Gasteiger partial charge in [0, 0.05) is 43.5 Å². The Hall–Kier alpha value is -2.02. The summed E-state index contributed by atoms with van der Waals surface area (Å²) in [5.41, 5.74) is 1.48. The summed E-state index contributed by atoms with van der Waals surface area (Å²) >= 11 is 0. The van der Waals surface area contributed by atoms with Crippen molar-refractivity contribution in [3.8, 4) is 0 Å². The Morgan fingerprint density at radius 3 is 2.52 bits per heavy atom. The molecule has 0 radical (unpaired) electrons. The van der Waals surface area contributed by atoms with E-state index >= 15 is 0 Å². The van der Waals surface area contributed by atoms with Gasteiger partial charge < -0.3 is 15.1 Å². The van der Waals surface area contributed by atoms with Gasteiger partial charge in [-0.15, -0.1) is 0 Å². The van der Waals surface area contributed by atoms with Crippen LogP contribution in [0.5, 0.6) is 0 Å². The molecule has 1 saturated heterocycles. The first-order chi connectivity index (χ1) is 10.9. The van der Waals surface area contributed by atoms with Crippen molar-refractivity contribution in [2.45, 2.75) is 12.2 Å². The monoisotopic (exact) mass is 322 g/mol. The van der Waals surface area contributed by atoms with Crippen LogP contribution in [-0.2, 0) is 6.18 Å². The van der Waals surface area contributed by atoms with E-state index in [9.17, 15) is 13.2 Å². The first-order valence-electron chi connectivity index (χ1n) is 7.63. The van der Waals surface area contributed by atoms with Crippen LogP contribution >= 0.6 is 0 Å². The van der Waals surface area contributed by atoms with Crippen LogP contribution in [0.25, 0.3) is 5.57 Å². The fourth-order valence-corrected chi connectivity index (χ4v) is 3.21. The molecule has 1 N–H and O–H groups in total. The largest absolute Gasteiger partial charge is 0.416 e. The molecule has 1 atom stereocenters. The number of hydrogen-bond donors (Lipinski definition) is 1. The van der Waals surface area contributed by atoms with E-state index in [0.717, 1.165) is 43.7 Å². The quantitative estimate of drug-likeness (QED) is 0.795. The van der Waals surface area contributed by atoms with E-state index in [-0.39, 0.29) is 6.04 Å². The number of hydrogen-bond acceptors (Lipinski definition) is 4. The maximum Gasteiger partial charge on any atom is 0.416 e. The van der Waals surface area contributed by atoms with Gasteiger partial charge in [0.2, 0.25) is 0 Å². The van der Waals surface area contributed by atoms with Gasteiger partial charge in [-0.2, -0.15) is 13.2 Å². The SMILES string of the molecule is CN1CCN(C2=Nc3ccc(C(F)(F)F)cc3C3=CNC32)CC1. The molecule has 1 unspecified atom stereocenters. The summed E-state index contributed by atoms with van der Waals surface area (Å²) in [6, 6.07) is 3.70. The minimum atomic E-state index is -4.33. The van der Waals surface area contributed by atoms with Crippen molar-refractivity contribution in [3.05, 3.63) is 35.5 Å². The molecule has 0 amide bonds. The number of amidine groups is 1. The van der Waals surface area contributed by atoms with Gasteiger partial charge in [0.25, 0.3) is 0 Å². The van der Waals surface area contributed by atoms with Crippen molar-refractivity contribution in [2.75, 3.05) is 33.2 Å². The van der Waals surface area contributed by atoms with Crippen LogP contribution in [0.4, 0.5) is 18.9 Å². The van der Waals surface area contributed by atoms with Gasteiger partial charge in [0.1, 0.15) is 11.9 Å². The summed E-state index contributed by atoms with van der Waals surface area (Å²) in [4.78, 5) is 9.14. The van der Waals surface area contributed by atoms with Crippen LogP contribution in [0.2, 0.25) is 0 Å². The Labute approximate surface area is 132 Å². The molecule has 1 aromatic carbocycles. The van der Waals surface area contributed by atoms with Gasteiger partial charge >= 0.3 is 6.18 Å². The van der Waals surface area contributed by atoms with Gasteiger partial charge in [-0.3, -0.25) is 0 Å². The molecule has 0 saturated carbocycles. The normalized spacial score (nSPS) is 24.0. The summed E-state index contributed by atoms with van der Waals surface area (Å²) in [7, 11) is 2.08. The number of alkyl halides is 3. The van der Waals surface area contributed by atoms with E-state index in [2.05, 4.69) is 27.2 Å². The molecule has 1 aromatic rings. The second-order valence-corrected chi connectivity index (χ2v) is 6.19. The van der Waals surface area contributed by atoms with Crippen molar-refractivity contribution in [2.24, 2.45) is 4.99 Å². The predicted octanol–water partition coefficient (Wildman–Crippen LogP) is 2.31. The van der Waals surface area contributed by atoms with E-state index in [1.54, 1.807) is 6.20 Å². The first-order valence-corrected chi connectivity index (χ1v) is 7.63. The van der Waals surface area contributed by atoms with Crippen LogP contribution in [0.15, 0.2) is 29.4 Å². The van der Waals surface area contributed by atoms with Crippen LogP contribution < -0.4 is 5.32 Å². The number of rotatable bonds is 0. The highest BCUT2D eigenvalue weighted by molar-refractivity contribution is 6.07. The zero-order valence-corrected chi connectivity index (χ0v) is 12.7. The highest BCUT2D eigenvalue weighted by Crippen LogP contribution is 2.41. The molecule has 0 spiro atoms. The molecule has 3 aliphatic heterocycles. The highest BCUT2D eigenvalue weighted by Gasteiger charge is 2.38. The van der Waals surface area contributed by atoms with Crippen molar-refractivity contribution < 1.29 is 13.2 Å². The molecule has 7 heteroatoms. The molecule has 122 valence electrons. The fourth-order valence-electron chi connectivity index (χ4n) is 3.21. The molecule has 0 aliphatic carbocycles. The molecular weight excluding hydrogens is 305 g/mol. The third kappa shape index (κ3) is 2.39.